The van der Waals surface area contributed by atoms with Crippen molar-refractivity contribution >= 4 is 17.5 Å². The molecule has 1 aliphatic rings. The molecule has 1 aromatic carbocycles. The molecule has 3 aromatic rings. The van der Waals surface area contributed by atoms with Gasteiger partial charge in [0.2, 0.25) is 5.91 Å². The summed E-state index contributed by atoms with van der Waals surface area (Å²) in [5.41, 5.74) is 2.98. The first-order valence-electron chi connectivity index (χ1n) is 11.0. The first-order valence-corrected chi connectivity index (χ1v) is 11.0. The Morgan fingerprint density at radius 2 is 1.72 bits per heavy atom. The number of hydrogen-bond acceptors (Lipinski definition) is 5. The standard InChI is InChI=1S/C25H29N3O4/c1-19-6-3-4-8-23(19)26-12-14-27(15-13-26)24(29)9-11-28(18-21-7-5-16-32-21)25(30)22-10-17-31-20(22)2/h3-8,10,16-17H,9,11-15,18H2,1-2H3. The molecule has 32 heavy (non-hydrogen) atoms. The van der Waals surface area contributed by atoms with Crippen LogP contribution in [-0.2, 0) is 11.3 Å². The summed E-state index contributed by atoms with van der Waals surface area (Å²) >= 11 is 0. The number of aryl methyl sites for hydroxylation is 2. The Hall–Kier alpha value is -3.48. The number of amides is 2. The van der Waals surface area contributed by atoms with Crippen LogP contribution in [0, 0.1) is 13.8 Å². The third-order valence-electron chi connectivity index (χ3n) is 5.99. The monoisotopic (exact) mass is 435 g/mol. The van der Waals surface area contributed by atoms with Crippen molar-refractivity contribution in [2.24, 2.45) is 0 Å². The van der Waals surface area contributed by atoms with E-state index in [1.54, 1.807) is 30.2 Å². The van der Waals surface area contributed by atoms with Crippen LogP contribution in [0.5, 0.6) is 0 Å². The minimum absolute atomic E-state index is 0.0654. The smallest absolute Gasteiger partial charge is 0.257 e. The van der Waals surface area contributed by atoms with Gasteiger partial charge in [-0.1, -0.05) is 18.2 Å². The van der Waals surface area contributed by atoms with Gasteiger partial charge in [0, 0.05) is 44.8 Å². The second-order valence-corrected chi connectivity index (χ2v) is 8.10. The molecule has 1 saturated heterocycles. The van der Waals surface area contributed by atoms with Crippen molar-refractivity contribution in [3.8, 4) is 0 Å². The Bertz CT molecular complexity index is 1050. The quantitative estimate of drug-likeness (QED) is 0.563. The van der Waals surface area contributed by atoms with Gasteiger partial charge in [-0.05, 0) is 43.7 Å². The molecule has 2 aromatic heterocycles. The fourth-order valence-corrected chi connectivity index (χ4v) is 4.12. The lowest BCUT2D eigenvalue weighted by atomic mass is 10.1. The fraction of sp³-hybridized carbons (Fsp3) is 0.360. The number of rotatable bonds is 7. The summed E-state index contributed by atoms with van der Waals surface area (Å²) in [6.45, 7) is 7.47. The molecule has 0 unspecified atom stereocenters. The number of anilines is 1. The van der Waals surface area contributed by atoms with E-state index in [1.807, 2.05) is 23.1 Å². The minimum atomic E-state index is -0.162. The third-order valence-corrected chi connectivity index (χ3v) is 5.99. The normalized spacial score (nSPS) is 13.9. The van der Waals surface area contributed by atoms with Gasteiger partial charge in [-0.15, -0.1) is 0 Å². The van der Waals surface area contributed by atoms with E-state index < -0.39 is 0 Å². The van der Waals surface area contributed by atoms with Gasteiger partial charge in [-0.2, -0.15) is 0 Å². The molecule has 0 atom stereocenters. The van der Waals surface area contributed by atoms with Crippen molar-refractivity contribution < 1.29 is 18.4 Å². The van der Waals surface area contributed by atoms with Crippen LogP contribution >= 0.6 is 0 Å². The number of carbonyl (C=O) groups excluding carboxylic acids is 2. The zero-order chi connectivity index (χ0) is 22.5. The average Bonchev–Trinajstić information content (AvgIpc) is 3.48. The highest BCUT2D eigenvalue weighted by atomic mass is 16.3. The van der Waals surface area contributed by atoms with Crippen LogP contribution in [0.4, 0.5) is 5.69 Å². The predicted molar refractivity (Wildman–Crippen MR) is 121 cm³/mol. The van der Waals surface area contributed by atoms with E-state index in [9.17, 15) is 9.59 Å². The molecule has 3 heterocycles. The molecule has 2 amide bonds. The summed E-state index contributed by atoms with van der Waals surface area (Å²) in [5.74, 6) is 1.15. The molecule has 0 aliphatic carbocycles. The van der Waals surface area contributed by atoms with Gasteiger partial charge in [0.25, 0.3) is 5.91 Å². The maximum absolute atomic E-state index is 13.1. The largest absolute Gasteiger partial charge is 0.469 e. The molecule has 4 rings (SSSR count). The highest BCUT2D eigenvalue weighted by Crippen LogP contribution is 2.21. The summed E-state index contributed by atoms with van der Waals surface area (Å²) in [7, 11) is 0. The van der Waals surface area contributed by atoms with Crippen molar-refractivity contribution in [3.63, 3.8) is 0 Å². The number of hydrogen-bond donors (Lipinski definition) is 0. The van der Waals surface area contributed by atoms with Gasteiger partial charge < -0.3 is 23.5 Å². The Labute approximate surface area is 188 Å². The van der Waals surface area contributed by atoms with Gasteiger partial charge in [0.05, 0.1) is 24.6 Å². The van der Waals surface area contributed by atoms with Gasteiger partial charge in [0.1, 0.15) is 11.5 Å². The molecule has 0 spiro atoms. The van der Waals surface area contributed by atoms with Crippen LogP contribution in [0.25, 0.3) is 0 Å². The van der Waals surface area contributed by atoms with Crippen LogP contribution in [0.2, 0.25) is 0 Å². The summed E-state index contributed by atoms with van der Waals surface area (Å²) in [6.07, 6.45) is 3.36. The molecule has 0 saturated carbocycles. The van der Waals surface area contributed by atoms with E-state index in [0.717, 1.165) is 13.1 Å². The van der Waals surface area contributed by atoms with Crippen LogP contribution < -0.4 is 4.90 Å². The van der Waals surface area contributed by atoms with Crippen LogP contribution in [0.1, 0.15) is 33.9 Å². The molecule has 7 nitrogen and oxygen atoms in total. The van der Waals surface area contributed by atoms with Crippen molar-refractivity contribution in [2.75, 3.05) is 37.6 Å². The SMILES string of the molecule is Cc1ccccc1N1CCN(C(=O)CCN(Cc2ccco2)C(=O)c2ccoc2C)CC1. The molecule has 1 fully saturated rings. The Balaban J connectivity index is 1.35. The highest BCUT2D eigenvalue weighted by molar-refractivity contribution is 5.95. The van der Waals surface area contributed by atoms with E-state index >= 15 is 0 Å². The van der Waals surface area contributed by atoms with E-state index in [-0.39, 0.29) is 18.2 Å². The topological polar surface area (TPSA) is 70.1 Å². The number of para-hydroxylation sites is 1. The van der Waals surface area contributed by atoms with E-state index in [4.69, 9.17) is 8.83 Å². The number of carbonyl (C=O) groups is 2. The summed E-state index contributed by atoms with van der Waals surface area (Å²) < 4.78 is 10.7. The fourth-order valence-electron chi connectivity index (χ4n) is 4.12. The number of benzene rings is 1. The maximum Gasteiger partial charge on any atom is 0.257 e. The minimum Gasteiger partial charge on any atom is -0.469 e. The van der Waals surface area contributed by atoms with Crippen LogP contribution in [0.15, 0.2) is 63.8 Å². The molecule has 0 bridgehead atoms. The molecular weight excluding hydrogens is 406 g/mol. The van der Waals surface area contributed by atoms with Crippen LogP contribution in [-0.4, -0.2) is 54.3 Å². The average molecular weight is 436 g/mol. The zero-order valence-electron chi connectivity index (χ0n) is 18.6. The number of furan rings is 2. The van der Waals surface area contributed by atoms with Crippen molar-refractivity contribution in [1.82, 2.24) is 9.80 Å². The Morgan fingerprint density at radius 1 is 0.938 bits per heavy atom. The van der Waals surface area contributed by atoms with Crippen molar-refractivity contribution in [3.05, 3.63) is 77.6 Å². The Morgan fingerprint density at radius 3 is 2.38 bits per heavy atom. The lowest BCUT2D eigenvalue weighted by Crippen LogP contribution is -2.49. The van der Waals surface area contributed by atoms with E-state index in [2.05, 4.69) is 24.0 Å². The molecule has 7 heteroatoms. The second kappa shape index (κ2) is 9.77. The zero-order valence-corrected chi connectivity index (χ0v) is 18.6. The van der Waals surface area contributed by atoms with Crippen molar-refractivity contribution in [2.45, 2.75) is 26.8 Å². The molecule has 1 aliphatic heterocycles. The summed E-state index contributed by atoms with van der Waals surface area (Å²) in [6, 6.07) is 13.6. The van der Waals surface area contributed by atoms with Gasteiger partial charge in [-0.3, -0.25) is 9.59 Å². The lowest BCUT2D eigenvalue weighted by Gasteiger charge is -2.37. The number of piperazine rings is 1. The maximum atomic E-state index is 13.1. The molecule has 0 radical (unpaired) electrons. The van der Waals surface area contributed by atoms with Crippen molar-refractivity contribution in [1.29, 1.82) is 0 Å². The van der Waals surface area contributed by atoms with Gasteiger partial charge in [0.15, 0.2) is 0 Å². The predicted octanol–water partition coefficient (Wildman–Crippen LogP) is 3.87. The number of nitrogens with zero attached hydrogens (tertiary/aromatic N) is 3. The van der Waals surface area contributed by atoms with E-state index in [1.165, 1.54) is 17.5 Å². The second-order valence-electron chi connectivity index (χ2n) is 8.10. The first kappa shape index (κ1) is 21.7. The van der Waals surface area contributed by atoms with Crippen LogP contribution in [0.3, 0.4) is 0 Å². The van der Waals surface area contributed by atoms with Gasteiger partial charge >= 0.3 is 0 Å². The summed E-state index contributed by atoms with van der Waals surface area (Å²) in [5, 5.41) is 0. The molecule has 168 valence electrons. The van der Waals surface area contributed by atoms with Gasteiger partial charge in [-0.25, -0.2) is 0 Å². The molecule has 0 N–H and O–H groups in total. The summed E-state index contributed by atoms with van der Waals surface area (Å²) in [4.78, 5) is 31.9. The Kier molecular flexibility index (Phi) is 6.63. The lowest BCUT2D eigenvalue weighted by molar-refractivity contribution is -0.131. The van der Waals surface area contributed by atoms with E-state index in [0.29, 0.717) is 43.3 Å². The highest BCUT2D eigenvalue weighted by Gasteiger charge is 2.25. The first-order chi connectivity index (χ1) is 15.5. The molecular formula is C25H29N3O4. The third kappa shape index (κ3) is 4.88.